The second kappa shape index (κ2) is 5.31. The largest absolute Gasteiger partial charge is 0.390 e. The first-order chi connectivity index (χ1) is 8.44. The van der Waals surface area contributed by atoms with Crippen molar-refractivity contribution in [3.05, 3.63) is 34.9 Å². The zero-order valence-electron chi connectivity index (χ0n) is 10.5. The first-order valence-electron chi connectivity index (χ1n) is 6.35. The Balaban J connectivity index is 1.87. The maximum absolute atomic E-state index is 12.2. The van der Waals surface area contributed by atoms with Gasteiger partial charge in [-0.2, -0.15) is 13.2 Å². The van der Waals surface area contributed by atoms with Crippen molar-refractivity contribution in [2.75, 3.05) is 0 Å². The molecule has 0 fully saturated rings. The van der Waals surface area contributed by atoms with Gasteiger partial charge in [0.1, 0.15) is 0 Å². The van der Waals surface area contributed by atoms with Crippen LogP contribution in [0.1, 0.15) is 36.5 Å². The van der Waals surface area contributed by atoms with Gasteiger partial charge in [-0.05, 0) is 42.9 Å². The summed E-state index contributed by atoms with van der Waals surface area (Å²) in [7, 11) is 0. The summed E-state index contributed by atoms with van der Waals surface area (Å²) in [5.74, 6) is 0. The second-order valence-electron chi connectivity index (χ2n) is 5.06. The quantitative estimate of drug-likeness (QED) is 0.869. The second-order valence-corrected chi connectivity index (χ2v) is 5.06. The zero-order valence-corrected chi connectivity index (χ0v) is 10.5. The lowest BCUT2D eigenvalue weighted by Crippen LogP contribution is -2.30. The first kappa shape index (κ1) is 13.4. The predicted octanol–water partition coefficient (Wildman–Crippen LogP) is 3.61. The number of nitrogens with one attached hydrogen (secondary N) is 1. The molecule has 2 rings (SSSR count). The SMILES string of the molecule is CC(CC(F)(F)F)NCc1ccc2c(c1)CCC2. The van der Waals surface area contributed by atoms with Gasteiger partial charge in [0.25, 0.3) is 0 Å². The Bertz CT molecular complexity index is 412. The fraction of sp³-hybridized carbons (Fsp3) is 0.571. The molecule has 1 aliphatic rings. The molecule has 1 aromatic carbocycles. The summed E-state index contributed by atoms with van der Waals surface area (Å²) in [4.78, 5) is 0. The number of hydrogen-bond acceptors (Lipinski definition) is 1. The molecule has 1 aromatic rings. The van der Waals surface area contributed by atoms with Gasteiger partial charge in [0.2, 0.25) is 0 Å². The van der Waals surface area contributed by atoms with Crippen LogP contribution in [-0.2, 0) is 19.4 Å². The third-order valence-corrected chi connectivity index (χ3v) is 3.36. The van der Waals surface area contributed by atoms with Crippen LogP contribution in [0.4, 0.5) is 13.2 Å². The Hall–Kier alpha value is -1.03. The molecule has 100 valence electrons. The molecule has 1 nitrogen and oxygen atoms in total. The van der Waals surface area contributed by atoms with E-state index in [1.807, 2.05) is 6.07 Å². The van der Waals surface area contributed by atoms with Crippen molar-refractivity contribution < 1.29 is 13.2 Å². The Labute approximate surface area is 105 Å². The van der Waals surface area contributed by atoms with Crippen molar-refractivity contribution >= 4 is 0 Å². The van der Waals surface area contributed by atoms with Gasteiger partial charge in [-0.1, -0.05) is 18.2 Å². The van der Waals surface area contributed by atoms with Crippen LogP contribution in [0.15, 0.2) is 18.2 Å². The van der Waals surface area contributed by atoms with E-state index in [1.54, 1.807) is 6.92 Å². The molecule has 1 N–H and O–H groups in total. The van der Waals surface area contributed by atoms with Gasteiger partial charge in [-0.3, -0.25) is 0 Å². The van der Waals surface area contributed by atoms with Crippen LogP contribution >= 0.6 is 0 Å². The van der Waals surface area contributed by atoms with E-state index in [2.05, 4.69) is 17.4 Å². The van der Waals surface area contributed by atoms with Gasteiger partial charge in [-0.15, -0.1) is 0 Å². The number of benzene rings is 1. The molecule has 0 saturated carbocycles. The topological polar surface area (TPSA) is 12.0 Å². The van der Waals surface area contributed by atoms with Gasteiger partial charge in [0.05, 0.1) is 6.42 Å². The Morgan fingerprint density at radius 1 is 1.22 bits per heavy atom. The van der Waals surface area contributed by atoms with Gasteiger partial charge in [0, 0.05) is 12.6 Å². The normalized spacial score (nSPS) is 16.7. The lowest BCUT2D eigenvalue weighted by Gasteiger charge is -2.16. The van der Waals surface area contributed by atoms with Crippen LogP contribution in [0.25, 0.3) is 0 Å². The maximum Gasteiger partial charge on any atom is 0.390 e. The molecule has 0 bridgehead atoms. The molecule has 0 aliphatic heterocycles. The summed E-state index contributed by atoms with van der Waals surface area (Å²) in [6.07, 6.45) is -1.45. The fourth-order valence-electron chi connectivity index (χ4n) is 2.45. The Kier molecular flexibility index (Phi) is 3.95. The molecule has 4 heteroatoms. The molecule has 1 aliphatic carbocycles. The third kappa shape index (κ3) is 3.73. The number of alkyl halides is 3. The van der Waals surface area contributed by atoms with E-state index >= 15 is 0 Å². The van der Waals surface area contributed by atoms with Crippen molar-refractivity contribution in [2.45, 2.75) is 51.4 Å². The Morgan fingerprint density at radius 2 is 1.94 bits per heavy atom. The highest BCUT2D eigenvalue weighted by atomic mass is 19.4. The molecule has 1 atom stereocenters. The van der Waals surface area contributed by atoms with Crippen molar-refractivity contribution in [3.8, 4) is 0 Å². The lowest BCUT2D eigenvalue weighted by molar-refractivity contribution is -0.139. The summed E-state index contributed by atoms with van der Waals surface area (Å²) in [6.45, 7) is 2.07. The Morgan fingerprint density at radius 3 is 2.67 bits per heavy atom. The van der Waals surface area contributed by atoms with Crippen molar-refractivity contribution in [2.24, 2.45) is 0 Å². The number of rotatable bonds is 4. The minimum atomic E-state index is -4.09. The number of aryl methyl sites for hydroxylation is 2. The van der Waals surface area contributed by atoms with Crippen LogP contribution in [0.2, 0.25) is 0 Å². The van der Waals surface area contributed by atoms with E-state index in [-0.39, 0.29) is 0 Å². The molecule has 0 saturated heterocycles. The first-order valence-corrected chi connectivity index (χ1v) is 6.35. The maximum atomic E-state index is 12.2. The van der Waals surface area contributed by atoms with Gasteiger partial charge in [0.15, 0.2) is 0 Å². The number of fused-ring (bicyclic) bond motifs is 1. The van der Waals surface area contributed by atoms with Crippen LogP contribution in [0.5, 0.6) is 0 Å². The van der Waals surface area contributed by atoms with Crippen molar-refractivity contribution in [1.82, 2.24) is 5.32 Å². The van der Waals surface area contributed by atoms with Crippen LogP contribution in [0.3, 0.4) is 0 Å². The standard InChI is InChI=1S/C14H18F3N/c1-10(8-14(15,16)17)18-9-11-5-6-12-3-2-4-13(12)7-11/h5-7,10,18H,2-4,8-9H2,1H3. The fourth-order valence-corrected chi connectivity index (χ4v) is 2.45. The van der Waals surface area contributed by atoms with Gasteiger partial charge < -0.3 is 5.32 Å². The lowest BCUT2D eigenvalue weighted by atomic mass is 10.1. The van der Waals surface area contributed by atoms with E-state index in [0.717, 1.165) is 18.4 Å². The monoisotopic (exact) mass is 257 g/mol. The molecule has 0 amide bonds. The van der Waals surface area contributed by atoms with Crippen LogP contribution in [0, 0.1) is 0 Å². The van der Waals surface area contributed by atoms with E-state index in [1.165, 1.54) is 17.5 Å². The highest BCUT2D eigenvalue weighted by Crippen LogP contribution is 2.24. The van der Waals surface area contributed by atoms with Crippen LogP contribution < -0.4 is 5.32 Å². The molecule has 18 heavy (non-hydrogen) atoms. The zero-order chi connectivity index (χ0) is 13.2. The number of hydrogen-bond donors (Lipinski definition) is 1. The van der Waals surface area contributed by atoms with Crippen LogP contribution in [-0.4, -0.2) is 12.2 Å². The minimum Gasteiger partial charge on any atom is -0.310 e. The van der Waals surface area contributed by atoms with E-state index < -0.39 is 18.6 Å². The third-order valence-electron chi connectivity index (χ3n) is 3.36. The average Bonchev–Trinajstić information content (AvgIpc) is 2.71. The molecular weight excluding hydrogens is 239 g/mol. The molecule has 0 radical (unpaired) electrons. The van der Waals surface area contributed by atoms with Crippen molar-refractivity contribution in [1.29, 1.82) is 0 Å². The van der Waals surface area contributed by atoms with E-state index in [0.29, 0.717) is 6.54 Å². The van der Waals surface area contributed by atoms with Gasteiger partial charge >= 0.3 is 6.18 Å². The molecular formula is C14H18F3N. The molecule has 0 aromatic heterocycles. The highest BCUT2D eigenvalue weighted by molar-refractivity contribution is 5.35. The van der Waals surface area contributed by atoms with Crippen molar-refractivity contribution in [3.63, 3.8) is 0 Å². The average molecular weight is 257 g/mol. The molecule has 0 spiro atoms. The summed E-state index contributed by atoms with van der Waals surface area (Å²) in [5.41, 5.74) is 3.82. The highest BCUT2D eigenvalue weighted by Gasteiger charge is 2.29. The summed E-state index contributed by atoms with van der Waals surface area (Å²) < 4.78 is 36.5. The van der Waals surface area contributed by atoms with E-state index in [9.17, 15) is 13.2 Å². The molecule has 1 unspecified atom stereocenters. The number of halogens is 3. The van der Waals surface area contributed by atoms with Gasteiger partial charge in [-0.25, -0.2) is 0 Å². The smallest absolute Gasteiger partial charge is 0.310 e. The summed E-state index contributed by atoms with van der Waals surface area (Å²) in [6, 6.07) is 5.69. The summed E-state index contributed by atoms with van der Waals surface area (Å²) in [5, 5.41) is 2.93. The van der Waals surface area contributed by atoms with E-state index in [4.69, 9.17) is 0 Å². The molecule has 0 heterocycles. The predicted molar refractivity (Wildman–Crippen MR) is 65.4 cm³/mol. The summed E-state index contributed by atoms with van der Waals surface area (Å²) >= 11 is 0. The minimum absolute atomic E-state index is 0.504.